The first kappa shape index (κ1) is 15.8. The van der Waals surface area contributed by atoms with Crippen LogP contribution in [0.15, 0.2) is 42.5 Å². The molecule has 0 aliphatic heterocycles. The molecule has 1 heterocycles. The van der Waals surface area contributed by atoms with Gasteiger partial charge in [-0.3, -0.25) is 9.59 Å². The molecule has 2 aromatic carbocycles. The lowest BCUT2D eigenvalue weighted by atomic mass is 10.1. The SMILES string of the molecule is CC(=O)Nc1ccc(NC(=O)c2c(C)[nH]c3cccc(C)c23)cc1. The molecule has 2 amide bonds. The Morgan fingerprint density at radius 2 is 1.54 bits per heavy atom. The Morgan fingerprint density at radius 1 is 0.917 bits per heavy atom. The molecular formula is C19H19N3O2. The van der Waals surface area contributed by atoms with Gasteiger partial charge in [0.25, 0.3) is 5.91 Å². The number of benzene rings is 2. The number of fused-ring (bicyclic) bond motifs is 1. The minimum absolute atomic E-state index is 0.128. The second-order valence-electron chi connectivity index (χ2n) is 5.84. The Labute approximate surface area is 140 Å². The Balaban J connectivity index is 1.88. The van der Waals surface area contributed by atoms with E-state index in [1.807, 2.05) is 32.0 Å². The van der Waals surface area contributed by atoms with Gasteiger partial charge in [-0.15, -0.1) is 0 Å². The van der Waals surface area contributed by atoms with Gasteiger partial charge >= 0.3 is 0 Å². The summed E-state index contributed by atoms with van der Waals surface area (Å²) in [6, 6.07) is 13.0. The van der Waals surface area contributed by atoms with Crippen molar-refractivity contribution in [1.82, 2.24) is 4.98 Å². The third-order valence-corrected chi connectivity index (χ3v) is 3.91. The van der Waals surface area contributed by atoms with Crippen molar-refractivity contribution in [3.63, 3.8) is 0 Å². The van der Waals surface area contributed by atoms with Crippen LogP contribution in [-0.2, 0) is 4.79 Å². The number of nitrogens with one attached hydrogen (secondary N) is 3. The lowest BCUT2D eigenvalue weighted by molar-refractivity contribution is -0.114. The number of carbonyl (C=O) groups excluding carboxylic acids is 2. The van der Waals surface area contributed by atoms with E-state index in [0.717, 1.165) is 22.2 Å². The van der Waals surface area contributed by atoms with Crippen LogP contribution in [0.5, 0.6) is 0 Å². The monoisotopic (exact) mass is 321 g/mol. The summed E-state index contributed by atoms with van der Waals surface area (Å²) in [6.07, 6.45) is 0. The second-order valence-corrected chi connectivity index (χ2v) is 5.84. The summed E-state index contributed by atoms with van der Waals surface area (Å²) in [5.41, 5.74) is 4.89. The van der Waals surface area contributed by atoms with E-state index in [1.54, 1.807) is 24.3 Å². The molecule has 0 unspecified atom stereocenters. The number of hydrogen-bond donors (Lipinski definition) is 3. The maximum atomic E-state index is 12.7. The normalized spacial score (nSPS) is 10.6. The molecule has 0 radical (unpaired) electrons. The Bertz CT molecular complexity index is 924. The van der Waals surface area contributed by atoms with Crippen LogP contribution in [0.25, 0.3) is 10.9 Å². The van der Waals surface area contributed by atoms with E-state index in [2.05, 4.69) is 15.6 Å². The number of aromatic amines is 1. The smallest absolute Gasteiger partial charge is 0.258 e. The molecule has 5 nitrogen and oxygen atoms in total. The number of carbonyl (C=O) groups is 2. The molecule has 122 valence electrons. The molecule has 0 saturated carbocycles. The third kappa shape index (κ3) is 3.01. The van der Waals surface area contributed by atoms with E-state index in [-0.39, 0.29) is 11.8 Å². The Morgan fingerprint density at radius 3 is 2.17 bits per heavy atom. The molecule has 0 aliphatic carbocycles. The van der Waals surface area contributed by atoms with Crippen LogP contribution < -0.4 is 10.6 Å². The van der Waals surface area contributed by atoms with Gasteiger partial charge in [0, 0.05) is 34.9 Å². The number of anilines is 2. The van der Waals surface area contributed by atoms with Crippen LogP contribution in [0.3, 0.4) is 0 Å². The molecule has 3 rings (SSSR count). The highest BCUT2D eigenvalue weighted by molar-refractivity contribution is 6.14. The first-order valence-electron chi connectivity index (χ1n) is 7.72. The summed E-state index contributed by atoms with van der Waals surface area (Å²) in [6.45, 7) is 5.35. The molecule has 1 aromatic heterocycles. The topological polar surface area (TPSA) is 74.0 Å². The van der Waals surface area contributed by atoms with Crippen LogP contribution in [0.2, 0.25) is 0 Å². The van der Waals surface area contributed by atoms with Gasteiger partial charge in [0.2, 0.25) is 5.91 Å². The fourth-order valence-electron chi connectivity index (χ4n) is 2.87. The van der Waals surface area contributed by atoms with Crippen molar-refractivity contribution in [3.8, 4) is 0 Å². The summed E-state index contributed by atoms with van der Waals surface area (Å²) >= 11 is 0. The van der Waals surface area contributed by atoms with Crippen molar-refractivity contribution in [3.05, 3.63) is 59.3 Å². The zero-order valence-electron chi connectivity index (χ0n) is 13.9. The average molecular weight is 321 g/mol. The summed E-state index contributed by atoms with van der Waals surface area (Å²) in [5, 5.41) is 6.56. The highest BCUT2D eigenvalue weighted by atomic mass is 16.2. The molecule has 0 fully saturated rings. The van der Waals surface area contributed by atoms with Crippen molar-refractivity contribution < 1.29 is 9.59 Å². The summed E-state index contributed by atoms with van der Waals surface area (Å²) in [7, 11) is 0. The highest BCUT2D eigenvalue weighted by Crippen LogP contribution is 2.26. The van der Waals surface area contributed by atoms with Crippen LogP contribution in [0, 0.1) is 13.8 Å². The molecule has 0 bridgehead atoms. The average Bonchev–Trinajstić information content (AvgIpc) is 2.86. The van der Waals surface area contributed by atoms with Gasteiger partial charge in [-0.1, -0.05) is 12.1 Å². The lowest BCUT2D eigenvalue weighted by Gasteiger charge is -2.08. The quantitative estimate of drug-likeness (QED) is 0.682. The highest BCUT2D eigenvalue weighted by Gasteiger charge is 2.17. The molecule has 5 heteroatoms. The Kier molecular flexibility index (Phi) is 4.08. The number of hydrogen-bond acceptors (Lipinski definition) is 2. The van der Waals surface area contributed by atoms with Crippen LogP contribution in [-0.4, -0.2) is 16.8 Å². The van der Waals surface area contributed by atoms with Gasteiger partial charge in [-0.2, -0.15) is 0 Å². The number of amides is 2. The van der Waals surface area contributed by atoms with Crippen LogP contribution in [0.1, 0.15) is 28.5 Å². The van der Waals surface area contributed by atoms with Gasteiger partial charge in [-0.25, -0.2) is 0 Å². The van der Waals surface area contributed by atoms with Crippen molar-refractivity contribution >= 4 is 34.1 Å². The summed E-state index contributed by atoms with van der Waals surface area (Å²) in [4.78, 5) is 27.0. The van der Waals surface area contributed by atoms with E-state index in [0.29, 0.717) is 16.9 Å². The summed E-state index contributed by atoms with van der Waals surface area (Å²) in [5.74, 6) is -0.281. The van der Waals surface area contributed by atoms with Gasteiger partial charge in [0.1, 0.15) is 0 Å². The van der Waals surface area contributed by atoms with Gasteiger partial charge in [0.15, 0.2) is 0 Å². The molecular weight excluding hydrogens is 302 g/mol. The molecule has 0 saturated heterocycles. The molecule has 24 heavy (non-hydrogen) atoms. The molecule has 0 aliphatic rings. The van der Waals surface area contributed by atoms with Crippen molar-refractivity contribution in [1.29, 1.82) is 0 Å². The fourth-order valence-corrected chi connectivity index (χ4v) is 2.87. The van der Waals surface area contributed by atoms with Crippen molar-refractivity contribution in [2.45, 2.75) is 20.8 Å². The molecule has 0 spiro atoms. The minimum atomic E-state index is -0.152. The van der Waals surface area contributed by atoms with Crippen molar-refractivity contribution in [2.75, 3.05) is 10.6 Å². The number of rotatable bonds is 3. The van der Waals surface area contributed by atoms with E-state index in [1.165, 1.54) is 6.92 Å². The zero-order valence-corrected chi connectivity index (χ0v) is 13.9. The Hall–Kier alpha value is -3.08. The third-order valence-electron chi connectivity index (χ3n) is 3.91. The predicted octanol–water partition coefficient (Wildman–Crippen LogP) is 4.00. The number of aromatic nitrogens is 1. The van der Waals surface area contributed by atoms with E-state index < -0.39 is 0 Å². The molecule has 3 aromatic rings. The van der Waals surface area contributed by atoms with E-state index >= 15 is 0 Å². The lowest BCUT2D eigenvalue weighted by Crippen LogP contribution is -2.13. The van der Waals surface area contributed by atoms with E-state index in [4.69, 9.17) is 0 Å². The fraction of sp³-hybridized carbons (Fsp3) is 0.158. The largest absolute Gasteiger partial charge is 0.358 e. The zero-order chi connectivity index (χ0) is 17.3. The summed E-state index contributed by atoms with van der Waals surface area (Å²) < 4.78 is 0. The maximum absolute atomic E-state index is 12.7. The molecule has 0 atom stereocenters. The molecule has 3 N–H and O–H groups in total. The van der Waals surface area contributed by atoms with Crippen LogP contribution >= 0.6 is 0 Å². The van der Waals surface area contributed by atoms with Gasteiger partial charge in [0.05, 0.1) is 5.56 Å². The second kappa shape index (κ2) is 6.20. The van der Waals surface area contributed by atoms with Crippen molar-refractivity contribution in [2.24, 2.45) is 0 Å². The number of H-pyrrole nitrogens is 1. The van der Waals surface area contributed by atoms with Gasteiger partial charge < -0.3 is 15.6 Å². The number of aryl methyl sites for hydroxylation is 2. The van der Waals surface area contributed by atoms with Gasteiger partial charge in [-0.05, 0) is 49.7 Å². The standard InChI is InChI=1S/C19H19N3O2/c1-11-5-4-6-16-17(11)18(12(2)20-16)19(24)22-15-9-7-14(8-10-15)21-13(3)23/h4-10,20H,1-3H3,(H,21,23)(H,22,24). The van der Waals surface area contributed by atoms with Crippen LogP contribution in [0.4, 0.5) is 11.4 Å². The minimum Gasteiger partial charge on any atom is -0.358 e. The first-order valence-corrected chi connectivity index (χ1v) is 7.72. The first-order chi connectivity index (χ1) is 11.5. The predicted molar refractivity (Wildman–Crippen MR) is 96.5 cm³/mol. The van der Waals surface area contributed by atoms with E-state index in [9.17, 15) is 9.59 Å². The maximum Gasteiger partial charge on any atom is 0.258 e.